The van der Waals surface area contributed by atoms with E-state index in [2.05, 4.69) is 73.1 Å². The van der Waals surface area contributed by atoms with Gasteiger partial charge in [-0.25, -0.2) is 9.97 Å². The van der Waals surface area contributed by atoms with E-state index in [-0.39, 0.29) is 108 Å². The predicted molar refractivity (Wildman–Crippen MR) is 306 cm³/mol. The summed E-state index contributed by atoms with van der Waals surface area (Å²) in [6.07, 6.45) is 5.95. The lowest BCUT2D eigenvalue weighted by molar-refractivity contribution is -0.151. The molecule has 34 heteroatoms. The minimum atomic E-state index is -1.96. The highest BCUT2D eigenvalue weighted by atomic mass is 16.4. The number of aromatic amines is 2. The van der Waals surface area contributed by atoms with Gasteiger partial charge in [0, 0.05) is 94.9 Å². The summed E-state index contributed by atoms with van der Waals surface area (Å²) in [6, 6.07) is -2.30. The van der Waals surface area contributed by atoms with E-state index in [0.717, 1.165) is 18.3 Å². The number of phenols is 1. The Balaban J connectivity index is 1.65. The van der Waals surface area contributed by atoms with E-state index in [4.69, 9.17) is 5.73 Å². The molecule has 1 aromatic carbocycles. The van der Waals surface area contributed by atoms with Crippen LogP contribution in [0.1, 0.15) is 94.5 Å². The van der Waals surface area contributed by atoms with Gasteiger partial charge in [0.1, 0.15) is 36.0 Å². The Hall–Kier alpha value is -10.0. The van der Waals surface area contributed by atoms with E-state index in [0.29, 0.717) is 36.4 Å². The fourth-order valence-corrected chi connectivity index (χ4v) is 8.22. The minimum Gasteiger partial charge on any atom is -0.508 e. The van der Waals surface area contributed by atoms with Gasteiger partial charge in [-0.05, 0) is 63.1 Å². The van der Waals surface area contributed by atoms with Crippen molar-refractivity contribution in [3.63, 3.8) is 0 Å². The standard InChI is InChI=1S/C54H78N16O18/c1-32(66-45(76)23-40(54(87)88)70(28-48(79)80)29-49(81)82)51(84)68-38(7-3-5-19-59-47(78)27-63-44(75)15-13-42(73)61-21-17-35-25-57-31-65-35)52(85)69-39(22-33-8-10-36(71)11-9-33)53(86)67-37(50(55)83)6-2-4-18-58-46(77)26-62-43(74)14-12-41(72)60-20-16-34-24-56-30-64-34/h8-11,24-25,30-32,37-40,71H,2-7,12-23,26-29H2,1H3,(H2,55,83)(H,56,64)(H,57,65)(H,58,77)(H,59,78)(H,60,72)(H,61,73)(H,62,74)(H,63,75)(H,66,76)(H,67,86)(H,68,84)(H,69,85)(H,79,80)(H,81,82)(H,87,88). The number of hydrogen-bond donors (Lipinski definition) is 17. The van der Waals surface area contributed by atoms with Gasteiger partial charge >= 0.3 is 17.9 Å². The number of aliphatic carboxylic acids is 3. The number of carboxylic acid groups (broad SMARTS) is 3. The van der Waals surface area contributed by atoms with Gasteiger partial charge in [-0.3, -0.25) is 72.0 Å². The number of carbonyl (C=O) groups excluding carboxylic acids is 11. The number of phenolic OH excluding ortho intramolecular Hbond substituents is 1. The van der Waals surface area contributed by atoms with Gasteiger partial charge in [0.05, 0.1) is 45.3 Å². The third-order valence-corrected chi connectivity index (χ3v) is 12.9. The number of nitrogens with zero attached hydrogens (tertiary/aromatic N) is 3. The number of benzene rings is 1. The number of aromatic hydroxyl groups is 1. The third-order valence-electron chi connectivity index (χ3n) is 12.9. The Bertz CT molecular complexity index is 2800. The smallest absolute Gasteiger partial charge is 0.321 e. The number of nitrogens with one attached hydrogen (secondary N) is 12. The molecular weight excluding hydrogens is 1160 g/mol. The van der Waals surface area contributed by atoms with E-state index < -0.39 is 127 Å². The molecule has 0 spiro atoms. The number of hydrogen-bond acceptors (Lipinski definition) is 18. The number of amides is 11. The molecule has 0 bridgehead atoms. The first-order valence-corrected chi connectivity index (χ1v) is 28.1. The van der Waals surface area contributed by atoms with Crippen LogP contribution in [0.15, 0.2) is 49.3 Å². The Morgan fingerprint density at radius 2 is 0.955 bits per heavy atom. The number of unbranched alkanes of at least 4 members (excludes halogenated alkanes) is 2. The molecule has 5 unspecified atom stereocenters. The second-order valence-electron chi connectivity index (χ2n) is 20.1. The van der Waals surface area contributed by atoms with Crippen molar-refractivity contribution < 1.29 is 87.5 Å². The normalized spacial score (nSPS) is 12.5. The van der Waals surface area contributed by atoms with Gasteiger partial charge in [-0.15, -0.1) is 0 Å². The molecule has 2 aromatic heterocycles. The average Bonchev–Trinajstić information content (AvgIpc) is 4.40. The molecule has 11 amide bonds. The molecule has 3 rings (SSSR count). The van der Waals surface area contributed by atoms with Gasteiger partial charge in [0.25, 0.3) is 0 Å². The van der Waals surface area contributed by atoms with Crippen molar-refractivity contribution in [2.45, 2.75) is 127 Å². The summed E-state index contributed by atoms with van der Waals surface area (Å²) in [5, 5.41) is 63.5. The molecule has 34 nitrogen and oxygen atoms in total. The number of carbonyl (C=O) groups is 14. The maximum Gasteiger partial charge on any atom is 0.321 e. The molecule has 482 valence electrons. The van der Waals surface area contributed by atoms with Crippen molar-refractivity contribution in [1.82, 2.24) is 78.0 Å². The van der Waals surface area contributed by atoms with Gasteiger partial charge in [-0.1, -0.05) is 12.1 Å². The molecule has 0 aliphatic rings. The number of imidazole rings is 2. The van der Waals surface area contributed by atoms with E-state index in [1.807, 2.05) is 0 Å². The van der Waals surface area contributed by atoms with Crippen LogP contribution in [0.5, 0.6) is 5.75 Å². The molecule has 5 atom stereocenters. The lowest BCUT2D eigenvalue weighted by atomic mass is 10.0. The number of nitrogens with two attached hydrogens (primary N) is 1. The summed E-state index contributed by atoms with van der Waals surface area (Å²) in [4.78, 5) is 191. The van der Waals surface area contributed by atoms with Gasteiger partial charge in [0.15, 0.2) is 0 Å². The average molecular weight is 1240 g/mol. The zero-order valence-electron chi connectivity index (χ0n) is 48.5. The van der Waals surface area contributed by atoms with Crippen LogP contribution in [0.2, 0.25) is 0 Å². The summed E-state index contributed by atoms with van der Waals surface area (Å²) in [5.74, 6) is -13.0. The van der Waals surface area contributed by atoms with Crippen LogP contribution in [-0.2, 0) is 86.4 Å². The largest absolute Gasteiger partial charge is 0.508 e. The summed E-state index contributed by atoms with van der Waals surface area (Å²) in [7, 11) is 0. The second-order valence-corrected chi connectivity index (χ2v) is 20.1. The highest BCUT2D eigenvalue weighted by Gasteiger charge is 2.34. The lowest BCUT2D eigenvalue weighted by Crippen LogP contribution is -2.58. The summed E-state index contributed by atoms with van der Waals surface area (Å²) in [6.45, 7) is -1.04. The Morgan fingerprint density at radius 3 is 1.40 bits per heavy atom. The van der Waals surface area contributed by atoms with E-state index >= 15 is 0 Å². The number of H-pyrrole nitrogens is 2. The van der Waals surface area contributed by atoms with Gasteiger partial charge in [-0.2, -0.15) is 0 Å². The monoisotopic (exact) mass is 1240 g/mol. The fourth-order valence-electron chi connectivity index (χ4n) is 8.22. The number of aromatic nitrogens is 4. The number of rotatable bonds is 44. The predicted octanol–water partition coefficient (Wildman–Crippen LogP) is -4.78. The maximum atomic E-state index is 14.3. The van der Waals surface area contributed by atoms with Crippen LogP contribution < -0.4 is 58.9 Å². The van der Waals surface area contributed by atoms with Crippen molar-refractivity contribution >= 4 is 82.9 Å². The zero-order chi connectivity index (χ0) is 65.0. The second kappa shape index (κ2) is 39.6. The van der Waals surface area contributed by atoms with Crippen LogP contribution in [-0.4, -0.2) is 211 Å². The molecule has 0 aliphatic heterocycles. The molecule has 88 heavy (non-hydrogen) atoms. The Morgan fingerprint density at radius 1 is 0.523 bits per heavy atom. The van der Waals surface area contributed by atoms with E-state index in [9.17, 15) is 87.5 Å². The summed E-state index contributed by atoms with van der Waals surface area (Å²) in [5.41, 5.74) is 7.73. The van der Waals surface area contributed by atoms with Gasteiger partial charge in [0.2, 0.25) is 65.0 Å². The number of primary amides is 1. The van der Waals surface area contributed by atoms with Crippen LogP contribution in [0.3, 0.4) is 0 Å². The Kier molecular flexibility index (Phi) is 32.5. The van der Waals surface area contributed by atoms with Crippen LogP contribution >= 0.6 is 0 Å². The lowest BCUT2D eigenvalue weighted by Gasteiger charge is -2.27. The van der Waals surface area contributed by atoms with Crippen molar-refractivity contribution in [3.8, 4) is 5.75 Å². The molecule has 0 radical (unpaired) electrons. The quantitative estimate of drug-likeness (QED) is 0.0236. The molecular formula is C54H78N16O18. The van der Waals surface area contributed by atoms with Crippen molar-refractivity contribution in [1.29, 1.82) is 0 Å². The molecule has 0 saturated heterocycles. The van der Waals surface area contributed by atoms with Crippen LogP contribution in [0.25, 0.3) is 0 Å². The highest BCUT2D eigenvalue weighted by molar-refractivity contribution is 5.96. The molecule has 0 saturated carbocycles. The molecule has 2 heterocycles. The van der Waals surface area contributed by atoms with Gasteiger partial charge < -0.3 is 89.3 Å². The van der Waals surface area contributed by atoms with Crippen molar-refractivity contribution in [3.05, 3.63) is 66.3 Å². The van der Waals surface area contributed by atoms with Crippen molar-refractivity contribution in [2.24, 2.45) is 5.73 Å². The molecule has 3 aromatic rings. The van der Waals surface area contributed by atoms with E-state index in [1.165, 1.54) is 36.9 Å². The summed E-state index contributed by atoms with van der Waals surface area (Å²) >= 11 is 0. The molecule has 0 fully saturated rings. The first-order valence-electron chi connectivity index (χ1n) is 28.1. The third kappa shape index (κ3) is 30.7. The summed E-state index contributed by atoms with van der Waals surface area (Å²) < 4.78 is 0. The van der Waals surface area contributed by atoms with Crippen molar-refractivity contribution in [2.75, 3.05) is 52.4 Å². The molecule has 0 aliphatic carbocycles. The fraction of sp³-hybridized carbons (Fsp3) is 0.519. The SMILES string of the molecule is CC(NC(=O)CC(C(=O)O)N(CC(=O)O)CC(=O)O)C(=O)NC(CCCCNC(=O)CNC(=O)CCC(=O)NCCc1cnc[nH]1)C(=O)NC(Cc1ccc(O)cc1)C(=O)NC(CCCCNC(=O)CNC(=O)CCC(=O)NCCc1cnc[nH]1)C(N)=O. The highest BCUT2D eigenvalue weighted by Crippen LogP contribution is 2.14. The zero-order valence-corrected chi connectivity index (χ0v) is 48.5. The maximum absolute atomic E-state index is 14.3. The van der Waals surface area contributed by atoms with E-state index in [1.54, 1.807) is 12.4 Å². The first kappa shape index (κ1) is 72.2. The van der Waals surface area contributed by atoms with Crippen LogP contribution in [0, 0.1) is 0 Å². The Labute approximate surface area is 504 Å². The topological polar surface area (TPSA) is 527 Å². The first-order chi connectivity index (χ1) is 41.9. The minimum absolute atomic E-state index is 0.00354. The number of carboxylic acids is 3. The van der Waals surface area contributed by atoms with Crippen LogP contribution in [0.4, 0.5) is 0 Å². The molecule has 18 N–H and O–H groups in total.